The molecule has 1 aromatic carbocycles. The third kappa shape index (κ3) is 7.53. The van der Waals surface area contributed by atoms with Crippen LogP contribution in [0.3, 0.4) is 0 Å². The summed E-state index contributed by atoms with van der Waals surface area (Å²) < 4.78 is 5.26. The van der Waals surface area contributed by atoms with Crippen LogP contribution in [0, 0.1) is 13.8 Å². The van der Waals surface area contributed by atoms with Crippen LogP contribution in [0.25, 0.3) is 0 Å². The lowest BCUT2D eigenvalue weighted by Gasteiger charge is -2.42. The standard InChI is InChI=1S/C25H39N3O4/c1-7-8-12-26-23(30)22(19-14-17(2)13-18(3)15-19)28(20-10-9-11-20)21(29)16-27-24(31)32-25(4,5)6/h13-15,20,22H,7-12,16H2,1-6H3,(H,26,30)(H,27,31). The van der Waals surface area contributed by atoms with E-state index in [0.717, 1.165) is 48.8 Å². The summed E-state index contributed by atoms with van der Waals surface area (Å²) in [6.07, 6.45) is 3.92. The van der Waals surface area contributed by atoms with Gasteiger partial charge in [-0.1, -0.05) is 42.7 Å². The third-order valence-corrected chi connectivity index (χ3v) is 5.45. The summed E-state index contributed by atoms with van der Waals surface area (Å²) in [5.74, 6) is -0.462. The Kier molecular flexibility index (Phi) is 9.10. The second-order valence-electron chi connectivity index (χ2n) is 9.71. The average molecular weight is 446 g/mol. The van der Waals surface area contributed by atoms with Gasteiger partial charge in [0, 0.05) is 12.6 Å². The highest BCUT2D eigenvalue weighted by molar-refractivity contribution is 5.90. The highest BCUT2D eigenvalue weighted by atomic mass is 16.6. The molecule has 7 nitrogen and oxygen atoms in total. The van der Waals surface area contributed by atoms with Gasteiger partial charge in [0.05, 0.1) is 0 Å². The van der Waals surface area contributed by atoms with Crippen LogP contribution >= 0.6 is 0 Å². The molecule has 1 unspecified atom stereocenters. The first-order valence-electron chi connectivity index (χ1n) is 11.7. The minimum Gasteiger partial charge on any atom is -0.444 e. The molecule has 0 heterocycles. The van der Waals surface area contributed by atoms with E-state index in [0.29, 0.717) is 6.54 Å². The minimum atomic E-state index is -0.733. The number of ether oxygens (including phenoxy) is 1. The molecule has 0 radical (unpaired) electrons. The number of benzene rings is 1. The van der Waals surface area contributed by atoms with Crippen molar-refractivity contribution in [3.8, 4) is 0 Å². The number of nitrogens with zero attached hydrogens (tertiary/aromatic N) is 1. The zero-order valence-electron chi connectivity index (χ0n) is 20.4. The molecule has 0 saturated heterocycles. The molecule has 0 aliphatic heterocycles. The Balaban J connectivity index is 2.30. The number of rotatable bonds is 9. The number of alkyl carbamates (subject to hydrolysis) is 1. The van der Waals surface area contributed by atoms with Crippen molar-refractivity contribution in [2.24, 2.45) is 0 Å². The predicted octanol–water partition coefficient (Wildman–Crippen LogP) is 4.17. The highest BCUT2D eigenvalue weighted by Crippen LogP contribution is 2.33. The summed E-state index contributed by atoms with van der Waals surface area (Å²) in [5.41, 5.74) is 2.23. The summed E-state index contributed by atoms with van der Waals surface area (Å²) in [4.78, 5) is 40.5. The Morgan fingerprint density at radius 3 is 2.22 bits per heavy atom. The maximum Gasteiger partial charge on any atom is 0.408 e. The van der Waals surface area contributed by atoms with E-state index in [4.69, 9.17) is 4.74 Å². The van der Waals surface area contributed by atoms with Crippen LogP contribution in [0.4, 0.5) is 4.79 Å². The SMILES string of the molecule is CCCCNC(=O)C(c1cc(C)cc(C)c1)N(C(=O)CNC(=O)OC(C)(C)C)C1CCC1. The third-order valence-electron chi connectivity index (χ3n) is 5.45. The molecule has 32 heavy (non-hydrogen) atoms. The number of carbonyl (C=O) groups excluding carboxylic acids is 3. The largest absolute Gasteiger partial charge is 0.444 e. The Bertz CT molecular complexity index is 792. The molecule has 0 bridgehead atoms. The van der Waals surface area contributed by atoms with Crippen LogP contribution in [0.1, 0.15) is 82.5 Å². The summed E-state index contributed by atoms with van der Waals surface area (Å²) in [5, 5.41) is 5.57. The van der Waals surface area contributed by atoms with Crippen molar-refractivity contribution in [3.63, 3.8) is 0 Å². The van der Waals surface area contributed by atoms with Gasteiger partial charge in [0.2, 0.25) is 11.8 Å². The smallest absolute Gasteiger partial charge is 0.408 e. The number of aryl methyl sites for hydroxylation is 2. The van der Waals surface area contributed by atoms with E-state index in [9.17, 15) is 14.4 Å². The maximum atomic E-state index is 13.3. The molecule has 2 rings (SSSR count). The highest BCUT2D eigenvalue weighted by Gasteiger charge is 2.39. The molecule has 1 aliphatic carbocycles. The first-order chi connectivity index (χ1) is 15.0. The number of carbonyl (C=O) groups is 3. The lowest BCUT2D eigenvalue weighted by molar-refractivity contribution is -0.145. The zero-order chi connectivity index (χ0) is 23.9. The Morgan fingerprint density at radius 1 is 1.09 bits per heavy atom. The van der Waals surface area contributed by atoms with E-state index < -0.39 is 17.7 Å². The molecule has 1 atom stereocenters. The lowest BCUT2D eigenvalue weighted by Crippen LogP contribution is -2.54. The second-order valence-corrected chi connectivity index (χ2v) is 9.71. The maximum absolute atomic E-state index is 13.3. The van der Waals surface area contributed by atoms with Gasteiger partial charge in [-0.3, -0.25) is 9.59 Å². The quantitative estimate of drug-likeness (QED) is 0.559. The molecule has 0 spiro atoms. The Morgan fingerprint density at radius 2 is 1.72 bits per heavy atom. The Hall–Kier alpha value is -2.57. The minimum absolute atomic E-state index is 0.0225. The molecule has 1 saturated carbocycles. The molecular formula is C25H39N3O4. The van der Waals surface area contributed by atoms with E-state index in [1.807, 2.05) is 26.0 Å². The van der Waals surface area contributed by atoms with Gasteiger partial charge in [0.1, 0.15) is 18.2 Å². The van der Waals surface area contributed by atoms with Gasteiger partial charge in [0.25, 0.3) is 0 Å². The summed E-state index contributed by atoms with van der Waals surface area (Å²) in [6.45, 7) is 11.7. The molecule has 1 aromatic rings. The number of amides is 3. The normalized spacial score (nSPS) is 14.8. The summed E-state index contributed by atoms with van der Waals surface area (Å²) in [6, 6.07) is 5.23. The van der Waals surface area contributed by atoms with Crippen LogP contribution in [0.2, 0.25) is 0 Å². The number of hydrogen-bond donors (Lipinski definition) is 2. The van der Waals surface area contributed by atoms with Gasteiger partial charge >= 0.3 is 6.09 Å². The van der Waals surface area contributed by atoms with Gasteiger partial charge in [-0.15, -0.1) is 0 Å². The molecule has 0 aromatic heterocycles. The topological polar surface area (TPSA) is 87.7 Å². The van der Waals surface area contributed by atoms with Crippen LogP contribution in [-0.2, 0) is 14.3 Å². The molecular weight excluding hydrogens is 406 g/mol. The molecule has 1 aliphatic rings. The van der Waals surface area contributed by atoms with Crippen LogP contribution < -0.4 is 10.6 Å². The fourth-order valence-corrected chi connectivity index (χ4v) is 3.87. The predicted molar refractivity (Wildman–Crippen MR) is 125 cm³/mol. The number of hydrogen-bond acceptors (Lipinski definition) is 4. The second kappa shape index (κ2) is 11.3. The first-order valence-corrected chi connectivity index (χ1v) is 11.7. The fourth-order valence-electron chi connectivity index (χ4n) is 3.87. The van der Waals surface area contributed by atoms with Crippen molar-refractivity contribution in [1.29, 1.82) is 0 Å². The van der Waals surface area contributed by atoms with E-state index in [-0.39, 0.29) is 24.4 Å². The number of nitrogens with one attached hydrogen (secondary N) is 2. The van der Waals surface area contributed by atoms with Crippen LogP contribution in [0.15, 0.2) is 18.2 Å². The van der Waals surface area contributed by atoms with Crippen molar-refractivity contribution < 1.29 is 19.1 Å². The van der Waals surface area contributed by atoms with Gasteiger partial charge < -0.3 is 20.3 Å². The molecule has 2 N–H and O–H groups in total. The van der Waals surface area contributed by atoms with Gasteiger partial charge in [-0.05, 0) is 65.9 Å². The van der Waals surface area contributed by atoms with Crippen LogP contribution in [0.5, 0.6) is 0 Å². The lowest BCUT2D eigenvalue weighted by atomic mass is 9.88. The van der Waals surface area contributed by atoms with Gasteiger partial charge in [-0.25, -0.2) is 4.79 Å². The Labute approximate surface area is 192 Å². The van der Waals surface area contributed by atoms with Crippen molar-refractivity contribution >= 4 is 17.9 Å². The van der Waals surface area contributed by atoms with Crippen molar-refractivity contribution in [2.75, 3.05) is 13.1 Å². The summed E-state index contributed by atoms with van der Waals surface area (Å²) >= 11 is 0. The molecule has 1 fully saturated rings. The zero-order valence-corrected chi connectivity index (χ0v) is 20.4. The van der Waals surface area contributed by atoms with E-state index in [1.165, 1.54) is 0 Å². The average Bonchev–Trinajstić information content (AvgIpc) is 2.62. The van der Waals surface area contributed by atoms with E-state index in [2.05, 4.69) is 23.6 Å². The number of unbranched alkanes of at least 4 members (excludes halogenated alkanes) is 1. The summed E-state index contributed by atoms with van der Waals surface area (Å²) in [7, 11) is 0. The molecule has 3 amide bonds. The molecule has 7 heteroatoms. The first kappa shape index (κ1) is 25.7. The van der Waals surface area contributed by atoms with Crippen molar-refractivity contribution in [2.45, 2.75) is 91.3 Å². The monoisotopic (exact) mass is 445 g/mol. The van der Waals surface area contributed by atoms with Crippen molar-refractivity contribution in [3.05, 3.63) is 34.9 Å². The molecule has 178 valence electrons. The van der Waals surface area contributed by atoms with E-state index in [1.54, 1.807) is 25.7 Å². The van der Waals surface area contributed by atoms with Crippen LogP contribution in [-0.4, -0.2) is 47.5 Å². The van der Waals surface area contributed by atoms with Gasteiger partial charge in [0.15, 0.2) is 0 Å². The van der Waals surface area contributed by atoms with Gasteiger partial charge in [-0.2, -0.15) is 0 Å². The van der Waals surface area contributed by atoms with Crippen molar-refractivity contribution in [1.82, 2.24) is 15.5 Å². The fraction of sp³-hybridized carbons (Fsp3) is 0.640. The van der Waals surface area contributed by atoms with E-state index >= 15 is 0 Å².